The first-order valence-electron chi connectivity index (χ1n) is 7.24. The minimum absolute atomic E-state index is 0.0219. The summed E-state index contributed by atoms with van der Waals surface area (Å²) in [5.74, 6) is 0.159. The number of aromatic hydroxyl groups is 1. The standard InChI is InChI=1S/C18H15BrN2O3/c1-11-14(8-12-9-15(19)17(22)16(10-12)24-2)18(23)21(20-11)13-6-4-3-5-7-13/h3-10,22H,1-2H3/b14-8+. The van der Waals surface area contributed by atoms with E-state index in [1.165, 1.54) is 12.1 Å². The van der Waals surface area contributed by atoms with Crippen molar-refractivity contribution < 1.29 is 14.6 Å². The van der Waals surface area contributed by atoms with Crippen molar-refractivity contribution in [3.8, 4) is 11.5 Å². The van der Waals surface area contributed by atoms with Crippen LogP contribution < -0.4 is 9.75 Å². The van der Waals surface area contributed by atoms with E-state index < -0.39 is 0 Å². The molecule has 0 saturated heterocycles. The number of methoxy groups -OCH3 is 1. The topological polar surface area (TPSA) is 62.1 Å². The summed E-state index contributed by atoms with van der Waals surface area (Å²) in [6.45, 7) is 1.79. The Morgan fingerprint density at radius 2 is 1.96 bits per heavy atom. The first-order chi connectivity index (χ1) is 11.5. The number of hydrogen-bond donors (Lipinski definition) is 1. The van der Waals surface area contributed by atoms with Crippen LogP contribution in [0.5, 0.6) is 11.5 Å². The molecule has 0 spiro atoms. The molecule has 0 aromatic heterocycles. The summed E-state index contributed by atoms with van der Waals surface area (Å²) in [6.07, 6.45) is 1.73. The second-order valence-corrected chi connectivity index (χ2v) is 6.10. The van der Waals surface area contributed by atoms with Gasteiger partial charge in [-0.25, -0.2) is 0 Å². The predicted octanol–water partition coefficient (Wildman–Crippen LogP) is 3.97. The van der Waals surface area contributed by atoms with Gasteiger partial charge in [0.15, 0.2) is 11.5 Å². The number of hydrogen-bond acceptors (Lipinski definition) is 4. The monoisotopic (exact) mass is 386 g/mol. The third-order valence-corrected chi connectivity index (χ3v) is 4.25. The number of para-hydroxylation sites is 1. The molecule has 24 heavy (non-hydrogen) atoms. The molecule has 1 N–H and O–H groups in total. The Balaban J connectivity index is 1.99. The van der Waals surface area contributed by atoms with Crippen LogP contribution in [-0.4, -0.2) is 23.8 Å². The lowest BCUT2D eigenvalue weighted by molar-refractivity contribution is -0.114. The van der Waals surface area contributed by atoms with E-state index in [-0.39, 0.29) is 11.7 Å². The minimum atomic E-state index is -0.193. The van der Waals surface area contributed by atoms with Gasteiger partial charge in [0.05, 0.1) is 28.6 Å². The van der Waals surface area contributed by atoms with E-state index in [0.29, 0.717) is 21.5 Å². The summed E-state index contributed by atoms with van der Waals surface area (Å²) in [4.78, 5) is 12.7. The van der Waals surface area contributed by atoms with Gasteiger partial charge in [-0.1, -0.05) is 18.2 Å². The van der Waals surface area contributed by atoms with Crippen molar-refractivity contribution in [1.29, 1.82) is 0 Å². The number of halogens is 1. The molecule has 2 aromatic carbocycles. The second kappa shape index (κ2) is 6.49. The lowest BCUT2D eigenvalue weighted by Crippen LogP contribution is -2.21. The highest BCUT2D eigenvalue weighted by molar-refractivity contribution is 9.10. The molecule has 5 nitrogen and oxygen atoms in total. The molecule has 0 fully saturated rings. The maximum atomic E-state index is 12.7. The Morgan fingerprint density at radius 1 is 1.25 bits per heavy atom. The molecule has 0 aliphatic carbocycles. The average Bonchev–Trinajstić information content (AvgIpc) is 2.87. The number of benzene rings is 2. The second-order valence-electron chi connectivity index (χ2n) is 5.25. The Labute approximate surface area is 148 Å². The summed E-state index contributed by atoms with van der Waals surface area (Å²) in [6, 6.07) is 12.6. The number of phenols is 1. The van der Waals surface area contributed by atoms with Gasteiger partial charge in [-0.2, -0.15) is 10.1 Å². The molecule has 0 unspecified atom stereocenters. The number of amides is 1. The van der Waals surface area contributed by atoms with E-state index in [0.717, 1.165) is 11.3 Å². The normalized spacial score (nSPS) is 15.8. The number of ether oxygens (including phenoxy) is 1. The van der Waals surface area contributed by atoms with Crippen molar-refractivity contribution in [2.45, 2.75) is 6.92 Å². The predicted molar refractivity (Wildman–Crippen MR) is 97.4 cm³/mol. The first kappa shape index (κ1) is 16.3. The Bertz CT molecular complexity index is 860. The number of hydrazone groups is 1. The molecule has 122 valence electrons. The van der Waals surface area contributed by atoms with Crippen molar-refractivity contribution >= 4 is 39.3 Å². The smallest absolute Gasteiger partial charge is 0.280 e. The van der Waals surface area contributed by atoms with Crippen LogP contribution in [0.15, 0.2) is 57.6 Å². The van der Waals surface area contributed by atoms with Crippen molar-refractivity contribution in [2.24, 2.45) is 5.10 Å². The van der Waals surface area contributed by atoms with Crippen LogP contribution in [0.3, 0.4) is 0 Å². The molecule has 1 heterocycles. The zero-order valence-electron chi connectivity index (χ0n) is 13.2. The van der Waals surface area contributed by atoms with Crippen LogP contribution in [0.2, 0.25) is 0 Å². The van der Waals surface area contributed by atoms with Crippen molar-refractivity contribution in [3.05, 3.63) is 58.1 Å². The lowest BCUT2D eigenvalue weighted by Gasteiger charge is -2.11. The van der Waals surface area contributed by atoms with Gasteiger partial charge in [-0.15, -0.1) is 0 Å². The largest absolute Gasteiger partial charge is 0.503 e. The highest BCUT2D eigenvalue weighted by Gasteiger charge is 2.28. The zero-order valence-corrected chi connectivity index (χ0v) is 14.7. The van der Waals surface area contributed by atoms with Crippen molar-refractivity contribution in [1.82, 2.24) is 0 Å². The number of phenolic OH excluding ortho intramolecular Hbond substituents is 1. The van der Waals surface area contributed by atoms with Gasteiger partial charge in [0.1, 0.15) is 0 Å². The number of carbonyl (C=O) groups excluding carboxylic acids is 1. The Morgan fingerprint density at radius 3 is 2.62 bits per heavy atom. The minimum Gasteiger partial charge on any atom is -0.503 e. The quantitative estimate of drug-likeness (QED) is 0.811. The van der Waals surface area contributed by atoms with Crippen LogP contribution in [-0.2, 0) is 4.79 Å². The summed E-state index contributed by atoms with van der Waals surface area (Å²) in [5.41, 5.74) is 2.57. The van der Waals surface area contributed by atoms with E-state index >= 15 is 0 Å². The first-order valence-corrected chi connectivity index (χ1v) is 8.04. The Hall–Kier alpha value is -2.60. The van der Waals surface area contributed by atoms with Gasteiger partial charge in [-0.3, -0.25) is 4.79 Å². The van der Waals surface area contributed by atoms with E-state index in [9.17, 15) is 9.90 Å². The fourth-order valence-electron chi connectivity index (χ4n) is 2.43. The van der Waals surface area contributed by atoms with Gasteiger partial charge in [-0.05, 0) is 58.8 Å². The molecule has 0 bridgehead atoms. The van der Waals surface area contributed by atoms with E-state index in [1.807, 2.05) is 30.3 Å². The highest BCUT2D eigenvalue weighted by Crippen LogP contribution is 2.36. The molecular weight excluding hydrogens is 372 g/mol. The van der Waals surface area contributed by atoms with E-state index in [2.05, 4.69) is 21.0 Å². The summed E-state index contributed by atoms with van der Waals surface area (Å²) < 4.78 is 5.63. The molecule has 0 radical (unpaired) electrons. The van der Waals surface area contributed by atoms with Crippen LogP contribution in [0.1, 0.15) is 12.5 Å². The van der Waals surface area contributed by atoms with E-state index in [1.54, 1.807) is 25.1 Å². The molecular formula is C18H15BrN2O3. The summed E-state index contributed by atoms with van der Waals surface area (Å²) in [5, 5.41) is 15.6. The summed E-state index contributed by atoms with van der Waals surface area (Å²) in [7, 11) is 1.48. The van der Waals surface area contributed by atoms with Gasteiger partial charge in [0, 0.05) is 0 Å². The number of rotatable bonds is 3. The number of anilines is 1. The SMILES string of the molecule is COc1cc(/C=C2/C(=O)N(c3ccccc3)N=C2C)cc(Br)c1O. The van der Waals surface area contributed by atoms with Crippen molar-refractivity contribution in [3.63, 3.8) is 0 Å². The molecule has 0 atom stereocenters. The fourth-order valence-corrected chi connectivity index (χ4v) is 2.89. The summed E-state index contributed by atoms with van der Waals surface area (Å²) >= 11 is 3.28. The fraction of sp³-hybridized carbons (Fsp3) is 0.111. The van der Waals surface area contributed by atoms with E-state index in [4.69, 9.17) is 4.74 Å². The van der Waals surface area contributed by atoms with Gasteiger partial charge >= 0.3 is 0 Å². The molecule has 1 amide bonds. The number of carbonyl (C=O) groups is 1. The third kappa shape index (κ3) is 2.92. The van der Waals surface area contributed by atoms with Crippen LogP contribution in [0, 0.1) is 0 Å². The molecule has 0 saturated carbocycles. The maximum absolute atomic E-state index is 12.7. The van der Waals surface area contributed by atoms with Crippen LogP contribution >= 0.6 is 15.9 Å². The number of nitrogens with zero attached hydrogens (tertiary/aromatic N) is 2. The van der Waals surface area contributed by atoms with Gasteiger partial charge in [0.25, 0.3) is 5.91 Å². The van der Waals surface area contributed by atoms with Gasteiger partial charge < -0.3 is 9.84 Å². The highest BCUT2D eigenvalue weighted by atomic mass is 79.9. The lowest BCUT2D eigenvalue weighted by atomic mass is 10.1. The van der Waals surface area contributed by atoms with Gasteiger partial charge in [0.2, 0.25) is 0 Å². The Kier molecular flexibility index (Phi) is 4.40. The zero-order chi connectivity index (χ0) is 17.3. The van der Waals surface area contributed by atoms with Crippen molar-refractivity contribution in [2.75, 3.05) is 12.1 Å². The van der Waals surface area contributed by atoms with Crippen LogP contribution in [0.4, 0.5) is 5.69 Å². The third-order valence-electron chi connectivity index (χ3n) is 3.65. The molecule has 3 rings (SSSR count). The maximum Gasteiger partial charge on any atom is 0.280 e. The average molecular weight is 387 g/mol. The van der Waals surface area contributed by atoms with Crippen LogP contribution in [0.25, 0.3) is 6.08 Å². The molecule has 6 heteroatoms. The molecule has 2 aromatic rings. The molecule has 1 aliphatic rings. The molecule has 1 aliphatic heterocycles.